The Hall–Kier alpha value is -2.01. The predicted molar refractivity (Wildman–Crippen MR) is 74.8 cm³/mol. The number of anilines is 1. The molecule has 100 valence electrons. The number of rotatable bonds is 4. The summed E-state index contributed by atoms with van der Waals surface area (Å²) < 4.78 is 0. The third-order valence-electron chi connectivity index (χ3n) is 2.53. The summed E-state index contributed by atoms with van der Waals surface area (Å²) in [5.74, 6) is -0.970. The van der Waals surface area contributed by atoms with Gasteiger partial charge in [-0.2, -0.15) is 0 Å². The molecule has 0 aromatic carbocycles. The highest BCUT2D eigenvalue weighted by atomic mass is 35.5. The van der Waals surface area contributed by atoms with Crippen molar-refractivity contribution in [1.29, 1.82) is 0 Å². The second kappa shape index (κ2) is 5.32. The Morgan fingerprint density at radius 1 is 1.47 bits per heavy atom. The monoisotopic (exact) mass is 279 g/mol. The van der Waals surface area contributed by atoms with E-state index in [1.807, 2.05) is 13.8 Å². The van der Waals surface area contributed by atoms with Crippen LogP contribution in [0.3, 0.4) is 0 Å². The van der Waals surface area contributed by atoms with Gasteiger partial charge in [0.05, 0.1) is 5.56 Å². The standard InChI is InChI=1S/C13H14ClN3O2/c1-7(2)17-11-4-12(14)16-6-9(11)10-3-8(5-15-10)13(18)19/h3-7,15H,1-2H3,(H,16,17)(H,18,19). The summed E-state index contributed by atoms with van der Waals surface area (Å²) in [7, 11) is 0. The fourth-order valence-electron chi connectivity index (χ4n) is 1.75. The number of aromatic amines is 1. The molecule has 2 aromatic rings. The van der Waals surface area contributed by atoms with Crippen LogP contribution in [-0.4, -0.2) is 27.1 Å². The summed E-state index contributed by atoms with van der Waals surface area (Å²) in [5, 5.41) is 12.6. The first-order valence-electron chi connectivity index (χ1n) is 5.81. The summed E-state index contributed by atoms with van der Waals surface area (Å²) in [4.78, 5) is 17.9. The molecule has 2 rings (SSSR count). The highest BCUT2D eigenvalue weighted by Crippen LogP contribution is 2.29. The van der Waals surface area contributed by atoms with E-state index in [1.54, 1.807) is 18.3 Å². The molecule has 0 fully saturated rings. The van der Waals surface area contributed by atoms with Crippen LogP contribution in [0.25, 0.3) is 11.3 Å². The van der Waals surface area contributed by atoms with Gasteiger partial charge < -0.3 is 15.4 Å². The van der Waals surface area contributed by atoms with Crippen LogP contribution in [0.1, 0.15) is 24.2 Å². The van der Waals surface area contributed by atoms with E-state index < -0.39 is 5.97 Å². The van der Waals surface area contributed by atoms with Crippen LogP contribution in [-0.2, 0) is 0 Å². The van der Waals surface area contributed by atoms with Gasteiger partial charge >= 0.3 is 5.97 Å². The zero-order chi connectivity index (χ0) is 14.0. The lowest BCUT2D eigenvalue weighted by atomic mass is 10.1. The first-order valence-corrected chi connectivity index (χ1v) is 6.19. The minimum atomic E-state index is -0.970. The molecule has 0 radical (unpaired) electrons. The lowest BCUT2D eigenvalue weighted by molar-refractivity contribution is 0.0697. The van der Waals surface area contributed by atoms with Crippen LogP contribution < -0.4 is 5.32 Å². The van der Waals surface area contributed by atoms with E-state index in [4.69, 9.17) is 16.7 Å². The molecule has 0 aliphatic carbocycles. The molecule has 0 bridgehead atoms. The van der Waals surface area contributed by atoms with Crippen molar-refractivity contribution < 1.29 is 9.90 Å². The largest absolute Gasteiger partial charge is 0.478 e. The number of H-pyrrole nitrogens is 1. The number of aromatic nitrogens is 2. The van der Waals surface area contributed by atoms with E-state index in [9.17, 15) is 4.79 Å². The zero-order valence-corrected chi connectivity index (χ0v) is 11.3. The van der Waals surface area contributed by atoms with Crippen LogP contribution in [0.5, 0.6) is 0 Å². The summed E-state index contributed by atoms with van der Waals surface area (Å²) in [6.07, 6.45) is 3.07. The van der Waals surface area contributed by atoms with Crippen molar-refractivity contribution in [3.8, 4) is 11.3 Å². The van der Waals surface area contributed by atoms with Crippen LogP contribution in [0.2, 0.25) is 5.15 Å². The Morgan fingerprint density at radius 2 is 2.21 bits per heavy atom. The van der Waals surface area contributed by atoms with Crippen molar-refractivity contribution >= 4 is 23.3 Å². The highest BCUT2D eigenvalue weighted by Gasteiger charge is 2.12. The zero-order valence-electron chi connectivity index (χ0n) is 10.6. The lowest BCUT2D eigenvalue weighted by Gasteiger charge is -2.14. The molecular weight excluding hydrogens is 266 g/mol. The predicted octanol–water partition coefficient (Wildman–Crippen LogP) is 3.25. The van der Waals surface area contributed by atoms with Crippen LogP contribution in [0, 0.1) is 0 Å². The van der Waals surface area contributed by atoms with Gasteiger partial charge in [0.25, 0.3) is 0 Å². The third kappa shape index (κ3) is 3.06. The molecule has 0 aliphatic heterocycles. The molecule has 0 aliphatic rings. The maximum absolute atomic E-state index is 10.9. The number of pyridine rings is 1. The smallest absolute Gasteiger partial charge is 0.337 e. The molecule has 0 unspecified atom stereocenters. The fraction of sp³-hybridized carbons (Fsp3) is 0.231. The van der Waals surface area contributed by atoms with E-state index in [1.165, 1.54) is 6.20 Å². The molecule has 0 amide bonds. The molecule has 6 heteroatoms. The van der Waals surface area contributed by atoms with Gasteiger partial charge in [-0.05, 0) is 26.0 Å². The van der Waals surface area contributed by atoms with Gasteiger partial charge in [0, 0.05) is 35.4 Å². The summed E-state index contributed by atoms with van der Waals surface area (Å²) >= 11 is 5.89. The number of carboxylic acid groups (broad SMARTS) is 1. The molecule has 19 heavy (non-hydrogen) atoms. The van der Waals surface area contributed by atoms with E-state index in [0.717, 1.165) is 11.3 Å². The van der Waals surface area contributed by atoms with Crippen molar-refractivity contribution in [2.24, 2.45) is 0 Å². The van der Waals surface area contributed by atoms with Crippen LogP contribution >= 0.6 is 11.6 Å². The summed E-state index contributed by atoms with van der Waals surface area (Å²) in [5.41, 5.74) is 2.49. The lowest BCUT2D eigenvalue weighted by Crippen LogP contribution is -2.10. The molecule has 0 saturated carbocycles. The minimum absolute atomic E-state index is 0.209. The van der Waals surface area contributed by atoms with Crippen LogP contribution in [0.4, 0.5) is 5.69 Å². The van der Waals surface area contributed by atoms with Gasteiger partial charge in [-0.15, -0.1) is 0 Å². The number of hydrogen-bond donors (Lipinski definition) is 3. The number of hydrogen-bond acceptors (Lipinski definition) is 3. The van der Waals surface area contributed by atoms with E-state index in [2.05, 4.69) is 15.3 Å². The summed E-state index contributed by atoms with van der Waals surface area (Å²) in [6.45, 7) is 4.02. The molecule has 3 N–H and O–H groups in total. The maximum Gasteiger partial charge on any atom is 0.337 e. The van der Waals surface area contributed by atoms with Gasteiger partial charge in [-0.3, -0.25) is 0 Å². The third-order valence-corrected chi connectivity index (χ3v) is 2.74. The van der Waals surface area contributed by atoms with Gasteiger partial charge in [-0.25, -0.2) is 9.78 Å². The Kier molecular flexibility index (Phi) is 3.76. The second-order valence-corrected chi connectivity index (χ2v) is 4.85. The van der Waals surface area contributed by atoms with Crippen LogP contribution in [0.15, 0.2) is 24.5 Å². The molecule has 0 spiro atoms. The number of nitrogens with one attached hydrogen (secondary N) is 2. The number of carboxylic acids is 1. The van der Waals surface area contributed by atoms with Crippen molar-refractivity contribution in [2.75, 3.05) is 5.32 Å². The van der Waals surface area contributed by atoms with Crippen molar-refractivity contribution in [3.63, 3.8) is 0 Å². The quantitative estimate of drug-likeness (QED) is 0.751. The first-order chi connectivity index (χ1) is 8.97. The Labute approximate surface area is 115 Å². The molecule has 2 aromatic heterocycles. The molecule has 2 heterocycles. The van der Waals surface area contributed by atoms with Crippen molar-refractivity contribution in [3.05, 3.63) is 35.2 Å². The molecular formula is C13H14ClN3O2. The van der Waals surface area contributed by atoms with Gasteiger partial charge in [0.1, 0.15) is 5.15 Å². The number of halogens is 1. The van der Waals surface area contributed by atoms with Gasteiger partial charge in [0.15, 0.2) is 0 Å². The molecule has 5 nitrogen and oxygen atoms in total. The number of carbonyl (C=O) groups is 1. The Morgan fingerprint density at radius 3 is 2.79 bits per heavy atom. The van der Waals surface area contributed by atoms with Gasteiger partial charge in [0.2, 0.25) is 0 Å². The van der Waals surface area contributed by atoms with E-state index in [0.29, 0.717) is 10.8 Å². The number of aromatic carboxylic acids is 1. The molecule has 0 saturated heterocycles. The van der Waals surface area contributed by atoms with Crippen molar-refractivity contribution in [1.82, 2.24) is 9.97 Å². The van der Waals surface area contributed by atoms with E-state index in [-0.39, 0.29) is 11.6 Å². The Bertz CT molecular complexity index is 608. The summed E-state index contributed by atoms with van der Waals surface area (Å²) in [6, 6.07) is 3.52. The average molecular weight is 280 g/mol. The average Bonchev–Trinajstić information content (AvgIpc) is 2.77. The topological polar surface area (TPSA) is 78.0 Å². The van der Waals surface area contributed by atoms with Crippen molar-refractivity contribution in [2.45, 2.75) is 19.9 Å². The minimum Gasteiger partial charge on any atom is -0.478 e. The van der Waals surface area contributed by atoms with E-state index >= 15 is 0 Å². The highest BCUT2D eigenvalue weighted by molar-refractivity contribution is 6.29. The maximum atomic E-state index is 10.9. The SMILES string of the molecule is CC(C)Nc1cc(Cl)ncc1-c1cc(C(=O)O)c[nH]1. The molecule has 0 atom stereocenters. The normalized spacial score (nSPS) is 10.7. The first kappa shape index (κ1) is 13.4. The second-order valence-electron chi connectivity index (χ2n) is 4.46. The van der Waals surface area contributed by atoms with Gasteiger partial charge in [-0.1, -0.05) is 11.6 Å². The Balaban J connectivity index is 2.45. The fourth-order valence-corrected chi connectivity index (χ4v) is 1.91. The number of nitrogens with zero attached hydrogens (tertiary/aromatic N) is 1.